The largest absolute Gasteiger partial charge is 0.374 e. The van der Waals surface area contributed by atoms with E-state index in [9.17, 15) is 0 Å². The Hall–Kier alpha value is -1.02. The molecule has 2 heteroatoms. The molecule has 0 aliphatic rings. The highest BCUT2D eigenvalue weighted by atomic mass is 15.1. The van der Waals surface area contributed by atoms with E-state index < -0.39 is 0 Å². The van der Waals surface area contributed by atoms with Gasteiger partial charge >= 0.3 is 0 Å². The van der Waals surface area contributed by atoms with Crippen LogP contribution in [0.5, 0.6) is 0 Å². The molecular formula is C13H22N2. The molecular weight excluding hydrogens is 184 g/mol. The number of nitrogens with one attached hydrogen (secondary N) is 1. The first-order chi connectivity index (χ1) is 7.15. The first-order valence-corrected chi connectivity index (χ1v) is 5.58. The Morgan fingerprint density at radius 1 is 1.27 bits per heavy atom. The smallest absolute Gasteiger partial charge is 0.0409 e. The first-order valence-electron chi connectivity index (χ1n) is 5.58. The Kier molecular flexibility index (Phi) is 4.63. The lowest BCUT2D eigenvalue weighted by Crippen LogP contribution is -2.24. The van der Waals surface area contributed by atoms with Crippen LogP contribution in [0.4, 0.5) is 5.69 Å². The third-order valence-electron chi connectivity index (χ3n) is 2.41. The fourth-order valence-electron chi connectivity index (χ4n) is 1.87. The third kappa shape index (κ3) is 3.56. The normalized spacial score (nSPS) is 10.7. The second-order valence-electron chi connectivity index (χ2n) is 4.43. The summed E-state index contributed by atoms with van der Waals surface area (Å²) in [6.45, 7) is 6.52. The molecule has 1 aromatic rings. The molecule has 0 fully saturated rings. The lowest BCUT2D eigenvalue weighted by atomic mass is 10.1. The zero-order chi connectivity index (χ0) is 11.3. The van der Waals surface area contributed by atoms with Gasteiger partial charge in [0.1, 0.15) is 0 Å². The van der Waals surface area contributed by atoms with Gasteiger partial charge in [0.2, 0.25) is 0 Å². The number of rotatable bonds is 5. The monoisotopic (exact) mass is 206 g/mol. The predicted molar refractivity (Wildman–Crippen MR) is 67.3 cm³/mol. The molecule has 0 saturated heterocycles. The number of para-hydroxylation sites is 1. The van der Waals surface area contributed by atoms with E-state index >= 15 is 0 Å². The van der Waals surface area contributed by atoms with Gasteiger partial charge in [-0.1, -0.05) is 32.0 Å². The molecule has 0 spiro atoms. The average Bonchev–Trinajstić information content (AvgIpc) is 2.18. The van der Waals surface area contributed by atoms with Gasteiger partial charge < -0.3 is 10.2 Å². The number of benzene rings is 1. The molecule has 1 rings (SSSR count). The van der Waals surface area contributed by atoms with Crippen LogP contribution in [-0.4, -0.2) is 20.6 Å². The molecule has 0 unspecified atom stereocenters. The summed E-state index contributed by atoms with van der Waals surface area (Å²) in [6.07, 6.45) is 0. The van der Waals surface area contributed by atoms with Gasteiger partial charge in [-0.25, -0.2) is 0 Å². The standard InChI is InChI=1S/C13H22N2/c1-11(2)10-15(4)13-8-6-5-7-12(13)9-14-3/h5-8,11,14H,9-10H2,1-4H3. The first kappa shape index (κ1) is 12.1. The van der Waals surface area contributed by atoms with Crippen molar-refractivity contribution in [3.8, 4) is 0 Å². The van der Waals surface area contributed by atoms with Crippen LogP contribution < -0.4 is 10.2 Å². The Morgan fingerprint density at radius 3 is 2.53 bits per heavy atom. The summed E-state index contributed by atoms with van der Waals surface area (Å²) >= 11 is 0. The Labute approximate surface area is 93.3 Å². The number of hydrogen-bond acceptors (Lipinski definition) is 2. The fourth-order valence-corrected chi connectivity index (χ4v) is 1.87. The summed E-state index contributed by atoms with van der Waals surface area (Å²) in [5.74, 6) is 0.692. The van der Waals surface area contributed by atoms with Crippen LogP contribution in [0.1, 0.15) is 19.4 Å². The molecule has 0 atom stereocenters. The van der Waals surface area contributed by atoms with E-state index in [4.69, 9.17) is 0 Å². The molecule has 1 N–H and O–H groups in total. The van der Waals surface area contributed by atoms with E-state index in [0.29, 0.717) is 5.92 Å². The maximum Gasteiger partial charge on any atom is 0.0409 e. The van der Waals surface area contributed by atoms with Gasteiger partial charge in [0.15, 0.2) is 0 Å². The highest BCUT2D eigenvalue weighted by molar-refractivity contribution is 5.53. The van der Waals surface area contributed by atoms with E-state index in [-0.39, 0.29) is 0 Å². The maximum absolute atomic E-state index is 3.21. The molecule has 15 heavy (non-hydrogen) atoms. The van der Waals surface area contributed by atoms with Gasteiger partial charge in [0.25, 0.3) is 0 Å². The van der Waals surface area contributed by atoms with E-state index in [1.165, 1.54) is 11.3 Å². The molecule has 0 heterocycles. The zero-order valence-corrected chi connectivity index (χ0v) is 10.2. The number of hydrogen-bond donors (Lipinski definition) is 1. The second kappa shape index (κ2) is 5.76. The lowest BCUT2D eigenvalue weighted by Gasteiger charge is -2.24. The van der Waals surface area contributed by atoms with Crippen LogP contribution in [0, 0.1) is 5.92 Å². The van der Waals surface area contributed by atoms with Crippen molar-refractivity contribution in [3.05, 3.63) is 29.8 Å². The van der Waals surface area contributed by atoms with Crippen LogP contribution in [-0.2, 0) is 6.54 Å². The fraction of sp³-hybridized carbons (Fsp3) is 0.538. The molecule has 2 nitrogen and oxygen atoms in total. The quantitative estimate of drug-likeness (QED) is 0.796. The van der Waals surface area contributed by atoms with Crippen LogP contribution in [0.3, 0.4) is 0 Å². The van der Waals surface area contributed by atoms with Crippen LogP contribution in [0.15, 0.2) is 24.3 Å². The molecule has 84 valence electrons. The van der Waals surface area contributed by atoms with E-state index in [2.05, 4.69) is 55.4 Å². The number of anilines is 1. The maximum atomic E-state index is 3.21. The van der Waals surface area contributed by atoms with Gasteiger partial charge in [-0.15, -0.1) is 0 Å². The van der Waals surface area contributed by atoms with Crippen molar-refractivity contribution < 1.29 is 0 Å². The molecule has 0 bridgehead atoms. The Balaban J connectivity index is 2.81. The molecule has 0 amide bonds. The van der Waals surface area contributed by atoms with Crippen LogP contribution in [0.25, 0.3) is 0 Å². The zero-order valence-electron chi connectivity index (χ0n) is 10.2. The summed E-state index contributed by atoms with van der Waals surface area (Å²) < 4.78 is 0. The predicted octanol–water partition coefficient (Wildman–Crippen LogP) is 2.50. The minimum absolute atomic E-state index is 0.692. The summed E-state index contributed by atoms with van der Waals surface area (Å²) in [5.41, 5.74) is 2.70. The van der Waals surface area contributed by atoms with Crippen molar-refractivity contribution in [2.24, 2.45) is 5.92 Å². The molecule has 0 aromatic heterocycles. The molecule has 0 aliphatic carbocycles. The van der Waals surface area contributed by atoms with Crippen molar-refractivity contribution in [1.82, 2.24) is 5.32 Å². The van der Waals surface area contributed by atoms with Crippen molar-refractivity contribution >= 4 is 5.69 Å². The van der Waals surface area contributed by atoms with E-state index in [1.54, 1.807) is 0 Å². The summed E-state index contributed by atoms with van der Waals surface area (Å²) in [6, 6.07) is 8.57. The van der Waals surface area contributed by atoms with E-state index in [1.807, 2.05) is 7.05 Å². The SMILES string of the molecule is CNCc1ccccc1N(C)CC(C)C. The Bertz CT molecular complexity index is 294. The lowest BCUT2D eigenvalue weighted by molar-refractivity contribution is 0.636. The summed E-state index contributed by atoms with van der Waals surface area (Å²) in [7, 11) is 4.15. The van der Waals surface area contributed by atoms with Crippen LogP contribution >= 0.6 is 0 Å². The van der Waals surface area contributed by atoms with Crippen molar-refractivity contribution in [2.75, 3.05) is 25.5 Å². The molecule has 0 radical (unpaired) electrons. The third-order valence-corrected chi connectivity index (χ3v) is 2.41. The summed E-state index contributed by atoms with van der Waals surface area (Å²) in [4.78, 5) is 2.33. The van der Waals surface area contributed by atoms with Crippen molar-refractivity contribution in [2.45, 2.75) is 20.4 Å². The highest BCUT2D eigenvalue weighted by Gasteiger charge is 2.07. The van der Waals surface area contributed by atoms with Gasteiger partial charge in [-0.2, -0.15) is 0 Å². The van der Waals surface area contributed by atoms with Gasteiger partial charge in [-0.05, 0) is 24.6 Å². The average molecular weight is 206 g/mol. The highest BCUT2D eigenvalue weighted by Crippen LogP contribution is 2.19. The Morgan fingerprint density at radius 2 is 1.93 bits per heavy atom. The summed E-state index contributed by atoms with van der Waals surface area (Å²) in [5, 5.41) is 3.21. The van der Waals surface area contributed by atoms with E-state index in [0.717, 1.165) is 13.1 Å². The molecule has 1 aromatic carbocycles. The minimum atomic E-state index is 0.692. The van der Waals surface area contributed by atoms with Crippen molar-refractivity contribution in [3.63, 3.8) is 0 Å². The van der Waals surface area contributed by atoms with Crippen molar-refractivity contribution in [1.29, 1.82) is 0 Å². The molecule has 0 aliphatic heterocycles. The van der Waals surface area contributed by atoms with Gasteiger partial charge in [0, 0.05) is 25.8 Å². The second-order valence-corrected chi connectivity index (χ2v) is 4.43. The minimum Gasteiger partial charge on any atom is -0.374 e. The van der Waals surface area contributed by atoms with Gasteiger partial charge in [0.05, 0.1) is 0 Å². The van der Waals surface area contributed by atoms with Gasteiger partial charge in [-0.3, -0.25) is 0 Å². The number of nitrogens with zero attached hydrogens (tertiary/aromatic N) is 1. The topological polar surface area (TPSA) is 15.3 Å². The van der Waals surface area contributed by atoms with Crippen LogP contribution in [0.2, 0.25) is 0 Å². The molecule has 0 saturated carbocycles.